The number of hydrogen-bond acceptors (Lipinski definition) is 4. The SMILES string of the molecule is COc1ccccc1C(C)N(C)C(=O)c1cccc(N2C(=O)c3ccccc3C2=O)c1. The molecule has 1 aliphatic heterocycles. The number of amides is 3. The Kier molecular flexibility index (Phi) is 5.29. The van der Waals surface area contributed by atoms with Crippen LogP contribution in [0.4, 0.5) is 5.69 Å². The molecule has 0 N–H and O–H groups in total. The Morgan fingerprint density at radius 2 is 1.52 bits per heavy atom. The predicted molar refractivity (Wildman–Crippen MR) is 118 cm³/mol. The lowest BCUT2D eigenvalue weighted by Gasteiger charge is -2.27. The van der Waals surface area contributed by atoms with Crippen molar-refractivity contribution >= 4 is 23.4 Å². The first-order chi connectivity index (χ1) is 14.9. The van der Waals surface area contributed by atoms with Gasteiger partial charge in [-0.15, -0.1) is 0 Å². The van der Waals surface area contributed by atoms with Crippen LogP contribution in [0.15, 0.2) is 72.8 Å². The Hall–Kier alpha value is -3.93. The van der Waals surface area contributed by atoms with E-state index >= 15 is 0 Å². The molecular formula is C25H22N2O4. The molecule has 3 aromatic carbocycles. The maximum Gasteiger partial charge on any atom is 0.266 e. The molecule has 0 fully saturated rings. The van der Waals surface area contributed by atoms with Gasteiger partial charge in [0.25, 0.3) is 17.7 Å². The van der Waals surface area contributed by atoms with E-state index in [2.05, 4.69) is 0 Å². The fourth-order valence-electron chi connectivity index (χ4n) is 3.80. The molecule has 0 aromatic heterocycles. The largest absolute Gasteiger partial charge is 0.496 e. The molecule has 3 amide bonds. The fraction of sp³-hybridized carbons (Fsp3) is 0.160. The van der Waals surface area contributed by atoms with Crippen LogP contribution < -0.4 is 9.64 Å². The summed E-state index contributed by atoms with van der Waals surface area (Å²) in [5, 5.41) is 0. The molecule has 4 rings (SSSR count). The van der Waals surface area contributed by atoms with Crippen molar-refractivity contribution in [1.29, 1.82) is 0 Å². The summed E-state index contributed by atoms with van der Waals surface area (Å²) in [6.45, 7) is 1.92. The molecule has 0 spiro atoms. The van der Waals surface area contributed by atoms with Gasteiger partial charge in [-0.25, -0.2) is 4.90 Å². The zero-order valence-electron chi connectivity index (χ0n) is 17.5. The van der Waals surface area contributed by atoms with Gasteiger partial charge in [-0.3, -0.25) is 14.4 Å². The van der Waals surface area contributed by atoms with Crippen molar-refractivity contribution in [2.24, 2.45) is 0 Å². The van der Waals surface area contributed by atoms with E-state index in [0.29, 0.717) is 28.1 Å². The molecule has 31 heavy (non-hydrogen) atoms. The van der Waals surface area contributed by atoms with Crippen molar-refractivity contribution in [1.82, 2.24) is 4.90 Å². The molecule has 6 nitrogen and oxygen atoms in total. The quantitative estimate of drug-likeness (QED) is 0.583. The molecule has 3 aromatic rings. The Balaban J connectivity index is 1.62. The molecular weight excluding hydrogens is 392 g/mol. The van der Waals surface area contributed by atoms with Crippen molar-refractivity contribution in [2.45, 2.75) is 13.0 Å². The monoisotopic (exact) mass is 414 g/mol. The highest BCUT2D eigenvalue weighted by Gasteiger charge is 2.36. The Labute approximate surface area is 180 Å². The summed E-state index contributed by atoms with van der Waals surface area (Å²) in [5.41, 5.74) is 2.38. The van der Waals surface area contributed by atoms with Crippen LogP contribution in [0.2, 0.25) is 0 Å². The minimum absolute atomic E-state index is 0.225. The second-order valence-corrected chi connectivity index (χ2v) is 7.38. The second kappa shape index (κ2) is 8.07. The number of anilines is 1. The Morgan fingerprint density at radius 3 is 2.16 bits per heavy atom. The van der Waals surface area contributed by atoms with Gasteiger partial charge in [0.15, 0.2) is 0 Å². The van der Waals surface area contributed by atoms with Crippen LogP contribution in [0, 0.1) is 0 Å². The van der Waals surface area contributed by atoms with Crippen LogP contribution in [0.5, 0.6) is 5.75 Å². The van der Waals surface area contributed by atoms with Gasteiger partial charge < -0.3 is 9.64 Å². The topological polar surface area (TPSA) is 66.9 Å². The van der Waals surface area contributed by atoms with Gasteiger partial charge >= 0.3 is 0 Å². The van der Waals surface area contributed by atoms with E-state index in [4.69, 9.17) is 4.74 Å². The Bertz CT molecular complexity index is 1150. The van der Waals surface area contributed by atoms with Crippen LogP contribution in [-0.2, 0) is 0 Å². The smallest absolute Gasteiger partial charge is 0.266 e. The van der Waals surface area contributed by atoms with Gasteiger partial charge in [-0.2, -0.15) is 0 Å². The number of nitrogens with zero attached hydrogens (tertiary/aromatic N) is 2. The van der Waals surface area contributed by atoms with Gasteiger partial charge in [0.05, 0.1) is 30.0 Å². The number of para-hydroxylation sites is 1. The summed E-state index contributed by atoms with van der Waals surface area (Å²) in [7, 11) is 3.31. The number of carbonyl (C=O) groups is 3. The predicted octanol–water partition coefficient (Wildman–Crippen LogP) is 4.33. The van der Waals surface area contributed by atoms with Crippen molar-refractivity contribution in [2.75, 3.05) is 19.1 Å². The third-order valence-electron chi connectivity index (χ3n) is 5.64. The minimum atomic E-state index is -0.388. The van der Waals surface area contributed by atoms with Crippen LogP contribution in [0.1, 0.15) is 49.6 Å². The maximum atomic E-state index is 13.2. The zero-order chi connectivity index (χ0) is 22.1. The molecule has 1 aliphatic rings. The first-order valence-corrected chi connectivity index (χ1v) is 9.92. The number of imide groups is 1. The minimum Gasteiger partial charge on any atom is -0.496 e. The molecule has 0 bridgehead atoms. The first-order valence-electron chi connectivity index (χ1n) is 9.92. The second-order valence-electron chi connectivity index (χ2n) is 7.38. The first kappa shape index (κ1) is 20.3. The van der Waals surface area contributed by atoms with Crippen LogP contribution in [0.25, 0.3) is 0 Å². The van der Waals surface area contributed by atoms with Gasteiger partial charge in [0.1, 0.15) is 5.75 Å². The van der Waals surface area contributed by atoms with Crippen LogP contribution in [-0.4, -0.2) is 36.8 Å². The zero-order valence-corrected chi connectivity index (χ0v) is 17.5. The highest BCUT2D eigenvalue weighted by Crippen LogP contribution is 2.31. The molecule has 1 unspecified atom stereocenters. The maximum absolute atomic E-state index is 13.2. The summed E-state index contributed by atoms with van der Waals surface area (Å²) >= 11 is 0. The van der Waals surface area contributed by atoms with E-state index in [-0.39, 0.29) is 23.8 Å². The standard InChI is InChI=1S/C25H22N2O4/c1-16(19-11-6-7-14-22(19)31-3)26(2)23(28)17-9-8-10-18(15-17)27-24(29)20-12-4-5-13-21(20)25(27)30/h4-16H,1-3H3. The van der Waals surface area contributed by atoms with Gasteiger partial charge in [-0.05, 0) is 43.3 Å². The number of hydrogen-bond donors (Lipinski definition) is 0. The van der Waals surface area contributed by atoms with Crippen molar-refractivity contribution in [3.05, 3.63) is 95.1 Å². The molecule has 0 aliphatic carbocycles. The van der Waals surface area contributed by atoms with E-state index in [9.17, 15) is 14.4 Å². The summed E-state index contributed by atoms with van der Waals surface area (Å²) in [6.07, 6.45) is 0. The highest BCUT2D eigenvalue weighted by atomic mass is 16.5. The van der Waals surface area contributed by atoms with E-state index in [0.717, 1.165) is 10.5 Å². The van der Waals surface area contributed by atoms with Gasteiger partial charge in [-0.1, -0.05) is 36.4 Å². The molecule has 0 saturated heterocycles. The Morgan fingerprint density at radius 1 is 0.903 bits per heavy atom. The number of methoxy groups -OCH3 is 1. The van der Waals surface area contributed by atoms with Crippen molar-refractivity contribution < 1.29 is 19.1 Å². The molecule has 6 heteroatoms. The normalized spacial score (nSPS) is 13.7. The summed E-state index contributed by atoms with van der Waals surface area (Å²) in [4.78, 5) is 41.5. The van der Waals surface area contributed by atoms with Gasteiger partial charge in [0.2, 0.25) is 0 Å². The molecule has 1 heterocycles. The third kappa shape index (κ3) is 3.46. The number of ether oxygens (including phenoxy) is 1. The van der Waals surface area contributed by atoms with Crippen molar-refractivity contribution in [3.63, 3.8) is 0 Å². The molecule has 156 valence electrons. The summed E-state index contributed by atoms with van der Waals surface area (Å²) < 4.78 is 5.42. The van der Waals surface area contributed by atoms with Crippen LogP contribution in [0.3, 0.4) is 0 Å². The third-order valence-corrected chi connectivity index (χ3v) is 5.64. The average Bonchev–Trinajstić information content (AvgIpc) is 3.07. The number of carbonyl (C=O) groups excluding carboxylic acids is 3. The van der Waals surface area contributed by atoms with Crippen LogP contribution >= 0.6 is 0 Å². The fourth-order valence-corrected chi connectivity index (χ4v) is 3.80. The van der Waals surface area contributed by atoms with Gasteiger partial charge in [0, 0.05) is 18.2 Å². The highest BCUT2D eigenvalue weighted by molar-refractivity contribution is 6.34. The summed E-state index contributed by atoms with van der Waals surface area (Å²) in [6, 6.07) is 20.6. The number of benzene rings is 3. The van der Waals surface area contributed by atoms with E-state index in [1.54, 1.807) is 67.6 Å². The lowest BCUT2D eigenvalue weighted by Crippen LogP contribution is -2.31. The van der Waals surface area contributed by atoms with E-state index in [1.165, 1.54) is 0 Å². The van der Waals surface area contributed by atoms with Crippen molar-refractivity contribution in [3.8, 4) is 5.75 Å². The van der Waals surface area contributed by atoms with E-state index < -0.39 is 0 Å². The molecule has 0 saturated carbocycles. The van der Waals surface area contributed by atoms with E-state index in [1.807, 2.05) is 31.2 Å². The lowest BCUT2D eigenvalue weighted by molar-refractivity contribution is 0.0740. The molecule has 0 radical (unpaired) electrons. The summed E-state index contributed by atoms with van der Waals surface area (Å²) in [5.74, 6) is -0.298. The number of rotatable bonds is 5. The number of fused-ring (bicyclic) bond motifs is 1. The average molecular weight is 414 g/mol. The molecule has 1 atom stereocenters. The lowest BCUT2D eigenvalue weighted by atomic mass is 10.0.